The van der Waals surface area contributed by atoms with E-state index in [1.807, 2.05) is 0 Å². The molecular weight excluding hydrogens is 320 g/mol. The van der Waals surface area contributed by atoms with E-state index in [2.05, 4.69) is 10.2 Å². The summed E-state index contributed by atoms with van der Waals surface area (Å²) in [5.74, 6) is -0.481. The topological polar surface area (TPSA) is 103 Å². The number of H-pyrrole nitrogens is 1. The molecular formula is C14H16N4O4S. The van der Waals surface area contributed by atoms with E-state index in [9.17, 15) is 18.0 Å². The fraction of sp³-hybridized carbons (Fsp3) is 0.357. The molecule has 1 N–H and O–H groups in total. The van der Waals surface area contributed by atoms with Crippen LogP contribution in [0.2, 0.25) is 0 Å². The maximum atomic E-state index is 12.5. The molecule has 3 rings (SSSR count). The quantitative estimate of drug-likeness (QED) is 0.807. The van der Waals surface area contributed by atoms with E-state index in [0.29, 0.717) is 10.9 Å². The second-order valence-electron chi connectivity index (χ2n) is 5.40. The largest absolute Gasteiger partial charge is 0.334 e. The molecule has 1 aromatic heterocycles. The van der Waals surface area contributed by atoms with Crippen molar-refractivity contribution in [1.82, 2.24) is 19.4 Å². The molecule has 1 aliphatic rings. The zero-order chi connectivity index (χ0) is 16.6. The molecule has 0 aliphatic carbocycles. The van der Waals surface area contributed by atoms with Crippen LogP contribution >= 0.6 is 0 Å². The molecule has 1 aliphatic heterocycles. The van der Waals surface area contributed by atoms with Gasteiger partial charge in [-0.05, 0) is 12.1 Å². The van der Waals surface area contributed by atoms with Gasteiger partial charge in [0.15, 0.2) is 5.69 Å². The number of para-hydroxylation sites is 1. The van der Waals surface area contributed by atoms with Gasteiger partial charge in [0.1, 0.15) is 0 Å². The summed E-state index contributed by atoms with van der Waals surface area (Å²) in [5.41, 5.74) is -0.0256. The first-order valence-corrected chi connectivity index (χ1v) is 8.94. The minimum Gasteiger partial charge on any atom is -0.334 e. The normalized spacial score (nSPS) is 16.7. The number of sulfonamides is 1. The first-order valence-electron chi connectivity index (χ1n) is 7.10. The van der Waals surface area contributed by atoms with E-state index >= 15 is 0 Å². The van der Waals surface area contributed by atoms with Crippen molar-refractivity contribution in [2.24, 2.45) is 0 Å². The molecule has 1 saturated heterocycles. The van der Waals surface area contributed by atoms with Crippen LogP contribution in [-0.2, 0) is 10.0 Å². The van der Waals surface area contributed by atoms with Crippen molar-refractivity contribution < 1.29 is 13.2 Å². The SMILES string of the molecule is CS(=O)(=O)N1CCN(C(=O)c2n[nH]c3ccccc3c2=O)CC1. The number of carbonyl (C=O) groups is 1. The molecule has 2 aromatic rings. The lowest BCUT2D eigenvalue weighted by Gasteiger charge is -2.32. The summed E-state index contributed by atoms with van der Waals surface area (Å²) in [6, 6.07) is 6.83. The molecule has 0 spiro atoms. The highest BCUT2D eigenvalue weighted by Gasteiger charge is 2.28. The van der Waals surface area contributed by atoms with Gasteiger partial charge < -0.3 is 4.90 Å². The molecule has 8 nitrogen and oxygen atoms in total. The summed E-state index contributed by atoms with van der Waals surface area (Å²) >= 11 is 0. The third-order valence-corrected chi connectivity index (χ3v) is 5.18. The smallest absolute Gasteiger partial charge is 0.278 e. The number of carbonyl (C=O) groups excluding carboxylic acids is 1. The Labute approximate surface area is 132 Å². The van der Waals surface area contributed by atoms with Crippen LogP contribution in [0.3, 0.4) is 0 Å². The summed E-state index contributed by atoms with van der Waals surface area (Å²) in [4.78, 5) is 26.3. The molecule has 23 heavy (non-hydrogen) atoms. The molecule has 0 atom stereocenters. The zero-order valence-corrected chi connectivity index (χ0v) is 13.3. The van der Waals surface area contributed by atoms with Gasteiger partial charge in [-0.2, -0.15) is 9.40 Å². The number of nitrogens with one attached hydrogen (secondary N) is 1. The summed E-state index contributed by atoms with van der Waals surface area (Å²) in [6.07, 6.45) is 1.14. The average Bonchev–Trinajstić information content (AvgIpc) is 2.54. The predicted molar refractivity (Wildman–Crippen MR) is 84.7 cm³/mol. The molecule has 122 valence electrons. The minimum absolute atomic E-state index is 0.170. The monoisotopic (exact) mass is 336 g/mol. The molecule has 9 heteroatoms. The predicted octanol–water partition coefficient (Wildman–Crippen LogP) is -0.359. The molecule has 0 bridgehead atoms. The Morgan fingerprint density at radius 1 is 1.17 bits per heavy atom. The number of nitrogens with zero attached hydrogens (tertiary/aromatic N) is 3. The number of fused-ring (bicyclic) bond motifs is 1. The van der Waals surface area contributed by atoms with Crippen molar-refractivity contribution in [2.45, 2.75) is 0 Å². The first-order chi connectivity index (χ1) is 10.9. The van der Waals surface area contributed by atoms with Gasteiger partial charge in [-0.1, -0.05) is 12.1 Å². The van der Waals surface area contributed by atoms with E-state index in [-0.39, 0.29) is 31.9 Å². The summed E-state index contributed by atoms with van der Waals surface area (Å²) < 4.78 is 24.3. The Kier molecular flexibility index (Phi) is 3.90. The number of aromatic amines is 1. The van der Waals surface area contributed by atoms with Crippen molar-refractivity contribution >= 4 is 26.8 Å². The number of aromatic nitrogens is 2. The summed E-state index contributed by atoms with van der Waals surface area (Å²) in [5, 5.41) is 7.00. The van der Waals surface area contributed by atoms with Crippen LogP contribution in [0.25, 0.3) is 10.9 Å². The highest BCUT2D eigenvalue weighted by Crippen LogP contribution is 2.10. The lowest BCUT2D eigenvalue weighted by Crippen LogP contribution is -2.51. The van der Waals surface area contributed by atoms with Gasteiger partial charge in [0.25, 0.3) is 5.91 Å². The number of benzene rings is 1. The Balaban J connectivity index is 1.85. The number of hydrogen-bond acceptors (Lipinski definition) is 5. The Hall–Kier alpha value is -2.26. The molecule has 1 fully saturated rings. The number of piperazine rings is 1. The van der Waals surface area contributed by atoms with Gasteiger partial charge in [-0.3, -0.25) is 14.7 Å². The van der Waals surface area contributed by atoms with Crippen molar-refractivity contribution in [2.75, 3.05) is 32.4 Å². The number of rotatable bonds is 2. The van der Waals surface area contributed by atoms with Crippen LogP contribution in [0.5, 0.6) is 0 Å². The van der Waals surface area contributed by atoms with Crippen LogP contribution in [0.15, 0.2) is 29.1 Å². The summed E-state index contributed by atoms with van der Waals surface area (Å²) in [6.45, 7) is 0.909. The number of amides is 1. The van der Waals surface area contributed by atoms with Crippen LogP contribution in [0, 0.1) is 0 Å². The van der Waals surface area contributed by atoms with Gasteiger partial charge in [-0.25, -0.2) is 8.42 Å². The fourth-order valence-corrected chi connectivity index (χ4v) is 3.42. The Bertz CT molecular complexity index is 914. The Morgan fingerprint density at radius 3 is 2.48 bits per heavy atom. The third kappa shape index (κ3) is 2.97. The average molecular weight is 336 g/mol. The van der Waals surface area contributed by atoms with Gasteiger partial charge in [0.2, 0.25) is 15.5 Å². The second kappa shape index (κ2) is 5.74. The molecule has 2 heterocycles. The molecule has 0 unspecified atom stereocenters. The van der Waals surface area contributed by atoms with Crippen molar-refractivity contribution in [3.05, 3.63) is 40.2 Å². The van der Waals surface area contributed by atoms with Crippen LogP contribution in [-0.4, -0.2) is 66.2 Å². The molecule has 1 aromatic carbocycles. The van der Waals surface area contributed by atoms with E-state index in [1.165, 1.54) is 9.21 Å². The van der Waals surface area contributed by atoms with Crippen LogP contribution in [0.4, 0.5) is 0 Å². The van der Waals surface area contributed by atoms with Crippen molar-refractivity contribution in [3.63, 3.8) is 0 Å². The maximum absolute atomic E-state index is 12.5. The Morgan fingerprint density at radius 2 is 1.83 bits per heavy atom. The fourth-order valence-electron chi connectivity index (χ4n) is 2.59. The molecule has 1 amide bonds. The second-order valence-corrected chi connectivity index (χ2v) is 7.38. The van der Waals surface area contributed by atoms with Gasteiger partial charge in [0.05, 0.1) is 11.8 Å². The highest BCUT2D eigenvalue weighted by atomic mass is 32.2. The molecule has 0 radical (unpaired) electrons. The lowest BCUT2D eigenvalue weighted by atomic mass is 10.2. The van der Waals surface area contributed by atoms with Gasteiger partial charge >= 0.3 is 0 Å². The van der Waals surface area contributed by atoms with Crippen LogP contribution < -0.4 is 5.43 Å². The van der Waals surface area contributed by atoms with E-state index in [4.69, 9.17) is 0 Å². The van der Waals surface area contributed by atoms with Gasteiger partial charge in [-0.15, -0.1) is 0 Å². The van der Waals surface area contributed by atoms with Crippen molar-refractivity contribution in [3.8, 4) is 0 Å². The third-order valence-electron chi connectivity index (χ3n) is 3.87. The van der Waals surface area contributed by atoms with Gasteiger partial charge in [0, 0.05) is 31.6 Å². The first kappa shape index (κ1) is 15.6. The van der Waals surface area contributed by atoms with Crippen LogP contribution in [0.1, 0.15) is 10.5 Å². The highest BCUT2D eigenvalue weighted by molar-refractivity contribution is 7.88. The zero-order valence-electron chi connectivity index (χ0n) is 12.5. The van der Waals surface area contributed by atoms with E-state index < -0.39 is 21.4 Å². The summed E-state index contributed by atoms with van der Waals surface area (Å²) in [7, 11) is -3.26. The standard InChI is InChI=1S/C14H16N4O4S/c1-23(21,22)18-8-6-17(7-9-18)14(20)12-13(19)10-4-2-3-5-11(10)15-16-12/h2-5H,6-9H2,1H3,(H,15,19). The van der Waals surface area contributed by atoms with Crippen molar-refractivity contribution in [1.29, 1.82) is 0 Å². The van der Waals surface area contributed by atoms with E-state index in [1.54, 1.807) is 24.3 Å². The number of hydrogen-bond donors (Lipinski definition) is 1. The van der Waals surface area contributed by atoms with E-state index in [0.717, 1.165) is 6.26 Å². The lowest BCUT2D eigenvalue weighted by molar-refractivity contribution is 0.0690. The maximum Gasteiger partial charge on any atom is 0.278 e. The molecule has 0 saturated carbocycles. The minimum atomic E-state index is -3.26.